The van der Waals surface area contributed by atoms with Gasteiger partial charge in [-0.2, -0.15) is 0 Å². The fraction of sp³-hybridized carbons (Fsp3) is 0.300. The number of nitrogens with two attached hydrogens (primary N) is 1. The predicted octanol–water partition coefficient (Wildman–Crippen LogP) is 0.882. The second-order valence-corrected chi connectivity index (χ2v) is 3.37. The van der Waals surface area contributed by atoms with Crippen molar-refractivity contribution in [2.24, 2.45) is 5.73 Å². The third-order valence-corrected chi connectivity index (χ3v) is 1.88. The monoisotopic (exact) mass is 214 g/mol. The first-order valence-electron chi connectivity index (χ1n) is 4.40. The number of halogens is 2. The van der Waals surface area contributed by atoms with Crippen molar-refractivity contribution in [3.05, 3.63) is 35.4 Å². The van der Waals surface area contributed by atoms with Gasteiger partial charge in [0.25, 0.3) is 0 Å². The van der Waals surface area contributed by atoms with Crippen molar-refractivity contribution in [1.29, 1.82) is 0 Å². The van der Waals surface area contributed by atoms with Crippen molar-refractivity contribution in [1.82, 2.24) is 4.90 Å². The number of carbonyl (C=O) groups is 1. The third-order valence-electron chi connectivity index (χ3n) is 1.88. The summed E-state index contributed by atoms with van der Waals surface area (Å²) in [6.07, 6.45) is 0. The van der Waals surface area contributed by atoms with Crippen LogP contribution in [0.3, 0.4) is 0 Å². The largest absolute Gasteiger partial charge is 0.369 e. The van der Waals surface area contributed by atoms with Gasteiger partial charge >= 0.3 is 0 Å². The van der Waals surface area contributed by atoms with Crippen molar-refractivity contribution in [2.75, 3.05) is 13.6 Å². The number of likely N-dealkylation sites (N-methyl/N-ethyl adjacent to an activating group) is 1. The molecule has 0 heterocycles. The van der Waals surface area contributed by atoms with E-state index in [2.05, 4.69) is 0 Å². The van der Waals surface area contributed by atoms with Crippen molar-refractivity contribution >= 4 is 5.91 Å². The minimum atomic E-state index is -0.619. The molecule has 0 atom stereocenters. The number of hydrogen-bond donors (Lipinski definition) is 1. The van der Waals surface area contributed by atoms with Crippen LogP contribution in [0.2, 0.25) is 0 Å². The molecule has 82 valence electrons. The maximum atomic E-state index is 13.2. The molecule has 0 aliphatic carbocycles. The minimum absolute atomic E-state index is 0.0385. The quantitative estimate of drug-likeness (QED) is 0.808. The van der Waals surface area contributed by atoms with E-state index in [9.17, 15) is 13.6 Å². The van der Waals surface area contributed by atoms with Crippen LogP contribution >= 0.6 is 0 Å². The van der Waals surface area contributed by atoms with Crippen molar-refractivity contribution in [3.8, 4) is 0 Å². The van der Waals surface area contributed by atoms with E-state index in [4.69, 9.17) is 5.73 Å². The molecule has 0 spiro atoms. The van der Waals surface area contributed by atoms with E-state index in [0.717, 1.165) is 6.07 Å². The Bertz CT molecular complexity index is 368. The third kappa shape index (κ3) is 3.63. The molecule has 0 aromatic heterocycles. The topological polar surface area (TPSA) is 46.3 Å². The molecular weight excluding hydrogens is 202 g/mol. The Morgan fingerprint density at radius 1 is 1.47 bits per heavy atom. The Morgan fingerprint density at radius 2 is 2.13 bits per heavy atom. The van der Waals surface area contributed by atoms with Crippen LogP contribution < -0.4 is 5.73 Å². The van der Waals surface area contributed by atoms with Crippen LogP contribution in [0.25, 0.3) is 0 Å². The van der Waals surface area contributed by atoms with Gasteiger partial charge in [0.1, 0.15) is 11.6 Å². The number of primary amides is 1. The Morgan fingerprint density at radius 3 is 2.67 bits per heavy atom. The molecule has 0 unspecified atom stereocenters. The van der Waals surface area contributed by atoms with E-state index in [-0.39, 0.29) is 13.1 Å². The molecule has 1 aromatic rings. The van der Waals surface area contributed by atoms with Crippen LogP contribution in [-0.2, 0) is 11.3 Å². The Labute approximate surface area is 86.5 Å². The van der Waals surface area contributed by atoms with Gasteiger partial charge in [-0.25, -0.2) is 8.78 Å². The number of nitrogens with zero attached hydrogens (tertiary/aromatic N) is 1. The molecule has 0 saturated carbocycles. The number of hydrogen-bond acceptors (Lipinski definition) is 2. The highest BCUT2D eigenvalue weighted by Crippen LogP contribution is 2.11. The van der Waals surface area contributed by atoms with Crippen molar-refractivity contribution in [2.45, 2.75) is 6.54 Å². The maximum Gasteiger partial charge on any atom is 0.231 e. The van der Waals surface area contributed by atoms with Gasteiger partial charge in [-0.1, -0.05) is 6.07 Å². The highest BCUT2D eigenvalue weighted by atomic mass is 19.1. The first-order valence-corrected chi connectivity index (χ1v) is 4.40. The highest BCUT2D eigenvalue weighted by molar-refractivity contribution is 5.75. The molecule has 5 heteroatoms. The molecule has 0 aliphatic heterocycles. The fourth-order valence-electron chi connectivity index (χ4n) is 1.26. The standard InChI is InChI=1S/C10H12F2N2O/c1-14(6-10(13)15)5-7-2-3-8(11)4-9(7)12/h2-4H,5-6H2,1H3,(H2,13,15). The molecule has 0 bridgehead atoms. The molecular formula is C10H12F2N2O. The zero-order valence-electron chi connectivity index (χ0n) is 8.34. The summed E-state index contributed by atoms with van der Waals surface area (Å²) in [4.78, 5) is 12.1. The van der Waals surface area contributed by atoms with E-state index in [0.29, 0.717) is 5.56 Å². The summed E-state index contributed by atoms with van der Waals surface area (Å²) in [5.41, 5.74) is 5.31. The zero-order valence-corrected chi connectivity index (χ0v) is 8.34. The minimum Gasteiger partial charge on any atom is -0.369 e. The first kappa shape index (κ1) is 11.6. The first-order chi connectivity index (χ1) is 6.99. The van der Waals surface area contributed by atoms with E-state index in [1.807, 2.05) is 0 Å². The molecule has 15 heavy (non-hydrogen) atoms. The second-order valence-electron chi connectivity index (χ2n) is 3.37. The van der Waals surface area contributed by atoms with Crippen molar-refractivity contribution < 1.29 is 13.6 Å². The maximum absolute atomic E-state index is 13.2. The van der Waals surface area contributed by atoms with Crippen LogP contribution in [0, 0.1) is 11.6 Å². The van der Waals surface area contributed by atoms with E-state index in [1.165, 1.54) is 12.1 Å². The molecule has 0 fully saturated rings. The van der Waals surface area contributed by atoms with Crippen LogP contribution in [0.1, 0.15) is 5.56 Å². The van der Waals surface area contributed by atoms with Crippen LogP contribution in [0.15, 0.2) is 18.2 Å². The van der Waals surface area contributed by atoms with Gasteiger partial charge < -0.3 is 5.73 Å². The molecule has 1 rings (SSSR count). The summed E-state index contributed by atoms with van der Waals surface area (Å²) in [6.45, 7) is 0.256. The molecule has 1 aromatic carbocycles. The van der Waals surface area contributed by atoms with E-state index >= 15 is 0 Å². The molecule has 0 saturated heterocycles. The van der Waals surface area contributed by atoms with Gasteiger partial charge in [-0.15, -0.1) is 0 Å². The highest BCUT2D eigenvalue weighted by Gasteiger charge is 2.08. The lowest BCUT2D eigenvalue weighted by Crippen LogP contribution is -2.30. The van der Waals surface area contributed by atoms with E-state index < -0.39 is 17.5 Å². The Balaban J connectivity index is 2.68. The van der Waals surface area contributed by atoms with Gasteiger partial charge in [0.2, 0.25) is 5.91 Å². The molecule has 3 nitrogen and oxygen atoms in total. The zero-order chi connectivity index (χ0) is 11.4. The normalized spacial score (nSPS) is 10.7. The van der Waals surface area contributed by atoms with E-state index in [1.54, 1.807) is 11.9 Å². The van der Waals surface area contributed by atoms with Gasteiger partial charge in [0.15, 0.2) is 0 Å². The predicted molar refractivity (Wildman–Crippen MR) is 51.9 cm³/mol. The van der Waals surface area contributed by atoms with Crippen molar-refractivity contribution in [3.63, 3.8) is 0 Å². The molecule has 1 amide bonds. The van der Waals surface area contributed by atoms with Gasteiger partial charge in [0, 0.05) is 18.2 Å². The number of amides is 1. The summed E-state index contributed by atoms with van der Waals surface area (Å²) in [6, 6.07) is 3.34. The van der Waals surface area contributed by atoms with Crippen LogP contribution in [-0.4, -0.2) is 24.4 Å². The summed E-state index contributed by atoms with van der Waals surface area (Å²) < 4.78 is 25.7. The summed E-state index contributed by atoms with van der Waals surface area (Å²) in [7, 11) is 1.63. The average molecular weight is 214 g/mol. The summed E-state index contributed by atoms with van der Waals surface area (Å²) in [5.74, 6) is -1.72. The Kier molecular flexibility index (Phi) is 3.74. The SMILES string of the molecule is CN(CC(N)=O)Cc1ccc(F)cc1F. The molecule has 0 aliphatic rings. The second kappa shape index (κ2) is 4.84. The van der Waals surface area contributed by atoms with Gasteiger partial charge in [-0.3, -0.25) is 9.69 Å². The Hall–Kier alpha value is -1.49. The van der Waals surface area contributed by atoms with Crippen LogP contribution in [0.4, 0.5) is 8.78 Å². The average Bonchev–Trinajstić information content (AvgIpc) is 2.08. The molecule has 0 radical (unpaired) electrons. The fourth-order valence-corrected chi connectivity index (χ4v) is 1.26. The summed E-state index contributed by atoms with van der Waals surface area (Å²) >= 11 is 0. The smallest absolute Gasteiger partial charge is 0.231 e. The lowest BCUT2D eigenvalue weighted by atomic mass is 10.2. The summed E-state index contributed by atoms with van der Waals surface area (Å²) in [5, 5.41) is 0. The van der Waals surface area contributed by atoms with Gasteiger partial charge in [-0.05, 0) is 13.1 Å². The lowest BCUT2D eigenvalue weighted by molar-refractivity contribution is -0.118. The number of rotatable bonds is 4. The molecule has 2 N–H and O–H groups in total. The van der Waals surface area contributed by atoms with Crippen LogP contribution in [0.5, 0.6) is 0 Å². The number of carbonyl (C=O) groups excluding carboxylic acids is 1. The number of benzene rings is 1. The van der Waals surface area contributed by atoms with Gasteiger partial charge in [0.05, 0.1) is 6.54 Å². The lowest BCUT2D eigenvalue weighted by Gasteiger charge is -2.14.